The maximum atomic E-state index is 8.61. The number of likely N-dealkylation sites (tertiary alicyclic amines) is 1. The minimum Gasteiger partial charge on any atom is -0.301 e. The normalized spacial score (nSPS) is 20.3. The minimum absolute atomic E-state index is 0.562. The summed E-state index contributed by atoms with van der Waals surface area (Å²) in [7, 11) is 2.05. The monoisotopic (exact) mass is 195 g/mol. The Balaban J connectivity index is 2.32. The molecule has 0 unspecified atom stereocenters. The molecule has 0 bridgehead atoms. The maximum Gasteiger partial charge on any atom is 0.0865 e. The Morgan fingerprint density at radius 3 is 2.43 bits per heavy atom. The van der Waals surface area contributed by atoms with Gasteiger partial charge in [0, 0.05) is 12.1 Å². The molecule has 3 heteroatoms. The Labute approximate surface area is 87.3 Å². The molecule has 1 aliphatic heterocycles. The average molecular weight is 195 g/mol. The van der Waals surface area contributed by atoms with Gasteiger partial charge in [0.2, 0.25) is 0 Å². The second-order valence-electron chi connectivity index (χ2n) is 4.43. The number of hydrogen-bond donors (Lipinski definition) is 0. The van der Waals surface area contributed by atoms with Gasteiger partial charge in [-0.3, -0.25) is 4.90 Å². The van der Waals surface area contributed by atoms with Crippen molar-refractivity contribution in [3.8, 4) is 6.07 Å². The van der Waals surface area contributed by atoms with E-state index in [4.69, 9.17) is 5.26 Å². The van der Waals surface area contributed by atoms with E-state index in [0.717, 1.165) is 0 Å². The molecule has 0 amide bonds. The largest absolute Gasteiger partial charge is 0.301 e. The van der Waals surface area contributed by atoms with Gasteiger partial charge >= 0.3 is 0 Å². The fourth-order valence-corrected chi connectivity index (χ4v) is 2.08. The molecule has 1 rings (SSSR count). The Bertz CT molecular complexity index is 199. The van der Waals surface area contributed by atoms with Crippen molar-refractivity contribution in [2.45, 2.75) is 38.8 Å². The third-order valence-electron chi connectivity index (χ3n) is 3.17. The van der Waals surface area contributed by atoms with E-state index in [1.165, 1.54) is 25.9 Å². The van der Waals surface area contributed by atoms with Crippen molar-refractivity contribution >= 4 is 0 Å². The van der Waals surface area contributed by atoms with Crippen molar-refractivity contribution in [3.05, 3.63) is 0 Å². The molecule has 0 radical (unpaired) electrons. The molecule has 80 valence electrons. The van der Waals surface area contributed by atoms with Crippen LogP contribution < -0.4 is 0 Å². The SMILES string of the molecule is CC(C)N1CCC(N(C)CC#N)CC1. The smallest absolute Gasteiger partial charge is 0.0865 e. The molecule has 3 nitrogen and oxygen atoms in total. The van der Waals surface area contributed by atoms with Crippen LogP contribution in [0.1, 0.15) is 26.7 Å². The zero-order valence-corrected chi connectivity index (χ0v) is 9.53. The lowest BCUT2D eigenvalue weighted by molar-refractivity contribution is 0.115. The predicted octanol–water partition coefficient (Wildman–Crippen LogP) is 1.31. The molecule has 1 fully saturated rings. The number of nitrogens with zero attached hydrogens (tertiary/aromatic N) is 3. The highest BCUT2D eigenvalue weighted by Crippen LogP contribution is 2.16. The van der Waals surface area contributed by atoms with Crippen LogP contribution in [0.2, 0.25) is 0 Å². The molecule has 0 aromatic rings. The van der Waals surface area contributed by atoms with Crippen LogP contribution in [0.4, 0.5) is 0 Å². The van der Waals surface area contributed by atoms with Crippen LogP contribution in [0.25, 0.3) is 0 Å². The Morgan fingerprint density at radius 1 is 1.43 bits per heavy atom. The van der Waals surface area contributed by atoms with Crippen LogP contribution in [-0.2, 0) is 0 Å². The highest BCUT2D eigenvalue weighted by atomic mass is 15.2. The first-order chi connectivity index (χ1) is 6.65. The van der Waals surface area contributed by atoms with Crippen LogP contribution in [0.3, 0.4) is 0 Å². The van der Waals surface area contributed by atoms with Crippen molar-refractivity contribution < 1.29 is 0 Å². The van der Waals surface area contributed by atoms with E-state index in [1.54, 1.807) is 0 Å². The van der Waals surface area contributed by atoms with E-state index in [-0.39, 0.29) is 0 Å². The van der Waals surface area contributed by atoms with Crippen LogP contribution in [-0.4, -0.2) is 48.6 Å². The molecular weight excluding hydrogens is 174 g/mol. The van der Waals surface area contributed by atoms with E-state index in [0.29, 0.717) is 18.6 Å². The van der Waals surface area contributed by atoms with Gasteiger partial charge < -0.3 is 4.90 Å². The molecule has 0 N–H and O–H groups in total. The fourth-order valence-electron chi connectivity index (χ4n) is 2.08. The van der Waals surface area contributed by atoms with Crippen molar-refractivity contribution in [2.75, 3.05) is 26.7 Å². The van der Waals surface area contributed by atoms with E-state index < -0.39 is 0 Å². The van der Waals surface area contributed by atoms with Gasteiger partial charge in [0.05, 0.1) is 12.6 Å². The van der Waals surface area contributed by atoms with Crippen LogP contribution >= 0.6 is 0 Å². The molecule has 0 aliphatic carbocycles. The first-order valence-electron chi connectivity index (χ1n) is 5.46. The fraction of sp³-hybridized carbons (Fsp3) is 0.909. The number of hydrogen-bond acceptors (Lipinski definition) is 3. The summed E-state index contributed by atoms with van der Waals surface area (Å²) in [5.74, 6) is 0. The summed E-state index contributed by atoms with van der Waals surface area (Å²) in [5, 5.41) is 8.61. The average Bonchev–Trinajstić information content (AvgIpc) is 2.18. The van der Waals surface area contributed by atoms with Gasteiger partial charge in [0.25, 0.3) is 0 Å². The Morgan fingerprint density at radius 2 is 2.00 bits per heavy atom. The minimum atomic E-state index is 0.562. The summed E-state index contributed by atoms with van der Waals surface area (Å²) in [6.07, 6.45) is 2.41. The maximum absolute atomic E-state index is 8.61. The van der Waals surface area contributed by atoms with Crippen molar-refractivity contribution in [2.24, 2.45) is 0 Å². The molecule has 0 spiro atoms. The summed E-state index contributed by atoms with van der Waals surface area (Å²) in [6, 6.07) is 3.49. The topological polar surface area (TPSA) is 30.3 Å². The molecule has 0 aromatic heterocycles. The van der Waals surface area contributed by atoms with Crippen LogP contribution in [0, 0.1) is 11.3 Å². The van der Waals surface area contributed by atoms with Gasteiger partial charge in [0.1, 0.15) is 0 Å². The molecule has 1 aliphatic rings. The summed E-state index contributed by atoms with van der Waals surface area (Å²) in [5.41, 5.74) is 0. The second-order valence-corrected chi connectivity index (χ2v) is 4.43. The first kappa shape index (κ1) is 11.5. The zero-order chi connectivity index (χ0) is 10.6. The molecule has 0 atom stereocenters. The summed E-state index contributed by atoms with van der Waals surface area (Å²) < 4.78 is 0. The van der Waals surface area contributed by atoms with E-state index in [9.17, 15) is 0 Å². The quantitative estimate of drug-likeness (QED) is 0.636. The molecule has 1 saturated heterocycles. The van der Waals surface area contributed by atoms with Crippen LogP contribution in [0.15, 0.2) is 0 Å². The number of piperidine rings is 1. The lowest BCUT2D eigenvalue weighted by Gasteiger charge is -2.37. The molecular formula is C11H21N3. The summed E-state index contributed by atoms with van der Waals surface area (Å²) in [6.45, 7) is 7.42. The third kappa shape index (κ3) is 2.97. The molecule has 0 aromatic carbocycles. The molecule has 0 saturated carbocycles. The van der Waals surface area contributed by atoms with E-state index >= 15 is 0 Å². The second kappa shape index (κ2) is 5.33. The highest BCUT2D eigenvalue weighted by Gasteiger charge is 2.23. The third-order valence-corrected chi connectivity index (χ3v) is 3.17. The summed E-state index contributed by atoms with van der Waals surface area (Å²) >= 11 is 0. The van der Waals surface area contributed by atoms with Crippen molar-refractivity contribution in [3.63, 3.8) is 0 Å². The lowest BCUT2D eigenvalue weighted by atomic mass is 10.0. The van der Waals surface area contributed by atoms with Gasteiger partial charge in [-0.2, -0.15) is 5.26 Å². The summed E-state index contributed by atoms with van der Waals surface area (Å²) in [4.78, 5) is 4.69. The molecule has 1 heterocycles. The number of rotatable bonds is 3. The van der Waals surface area contributed by atoms with Gasteiger partial charge in [-0.25, -0.2) is 0 Å². The van der Waals surface area contributed by atoms with E-state index in [2.05, 4.69) is 36.8 Å². The van der Waals surface area contributed by atoms with E-state index in [1.807, 2.05) is 0 Å². The predicted molar refractivity (Wildman–Crippen MR) is 58.0 cm³/mol. The zero-order valence-electron chi connectivity index (χ0n) is 9.53. The van der Waals surface area contributed by atoms with Crippen molar-refractivity contribution in [1.29, 1.82) is 5.26 Å². The first-order valence-corrected chi connectivity index (χ1v) is 5.46. The van der Waals surface area contributed by atoms with Crippen molar-refractivity contribution in [1.82, 2.24) is 9.80 Å². The standard InChI is InChI=1S/C11H21N3/c1-10(2)14-7-4-11(5-8-14)13(3)9-6-12/h10-11H,4-5,7-9H2,1-3H3. The van der Waals surface area contributed by atoms with Gasteiger partial charge in [-0.05, 0) is 46.8 Å². The lowest BCUT2D eigenvalue weighted by Crippen LogP contribution is -2.45. The Kier molecular flexibility index (Phi) is 4.37. The van der Waals surface area contributed by atoms with Gasteiger partial charge in [-0.15, -0.1) is 0 Å². The van der Waals surface area contributed by atoms with Gasteiger partial charge in [-0.1, -0.05) is 0 Å². The Hall–Kier alpha value is -0.590. The molecule has 14 heavy (non-hydrogen) atoms. The number of nitriles is 1. The van der Waals surface area contributed by atoms with Crippen LogP contribution in [0.5, 0.6) is 0 Å². The van der Waals surface area contributed by atoms with Gasteiger partial charge in [0.15, 0.2) is 0 Å². The highest BCUT2D eigenvalue weighted by molar-refractivity contribution is 4.84.